The number of hydrogen-bond donors (Lipinski definition) is 0. The van der Waals surface area contributed by atoms with Gasteiger partial charge in [0.1, 0.15) is 11.9 Å². The Hall–Kier alpha value is -2.43. The fourth-order valence-electron chi connectivity index (χ4n) is 1.35. The molecule has 0 saturated heterocycles. The van der Waals surface area contributed by atoms with E-state index in [9.17, 15) is 10.1 Å². The van der Waals surface area contributed by atoms with E-state index in [-0.39, 0.29) is 5.69 Å². The number of aromatic nitrogens is 1. The van der Waals surface area contributed by atoms with Crippen molar-refractivity contribution in [2.24, 2.45) is 0 Å². The zero-order valence-electron chi connectivity index (χ0n) is 9.16. The molecular weight excluding hydrogens is 220 g/mol. The van der Waals surface area contributed by atoms with Gasteiger partial charge in [-0.1, -0.05) is 18.2 Å². The zero-order chi connectivity index (χ0) is 12.3. The quantitative estimate of drug-likeness (QED) is 0.600. The van der Waals surface area contributed by atoms with Crippen LogP contribution >= 0.6 is 0 Å². The SMILES string of the molecule is Cc1cc([N+](=O)[O-])cnc1Oc1ccccc1. The van der Waals surface area contributed by atoms with Crippen LogP contribution in [0.5, 0.6) is 11.6 Å². The fraction of sp³-hybridized carbons (Fsp3) is 0.0833. The Morgan fingerprint density at radius 3 is 2.59 bits per heavy atom. The second-order valence-electron chi connectivity index (χ2n) is 3.49. The molecular formula is C12H10N2O3. The largest absolute Gasteiger partial charge is 0.439 e. The Labute approximate surface area is 97.8 Å². The number of aryl methyl sites for hydroxylation is 1. The Balaban J connectivity index is 2.26. The molecule has 0 radical (unpaired) electrons. The van der Waals surface area contributed by atoms with Gasteiger partial charge in [0.05, 0.1) is 4.92 Å². The number of hydrogen-bond acceptors (Lipinski definition) is 4. The molecule has 86 valence electrons. The van der Waals surface area contributed by atoms with E-state index in [4.69, 9.17) is 4.74 Å². The molecule has 0 spiro atoms. The van der Waals surface area contributed by atoms with Gasteiger partial charge in [-0.2, -0.15) is 0 Å². The number of ether oxygens (including phenoxy) is 1. The maximum atomic E-state index is 10.5. The molecule has 0 fully saturated rings. The topological polar surface area (TPSA) is 65.3 Å². The summed E-state index contributed by atoms with van der Waals surface area (Å²) in [5, 5.41) is 10.5. The average molecular weight is 230 g/mol. The van der Waals surface area contributed by atoms with Gasteiger partial charge in [0.25, 0.3) is 5.69 Å². The van der Waals surface area contributed by atoms with E-state index in [1.54, 1.807) is 19.1 Å². The molecule has 0 bridgehead atoms. The third-order valence-electron chi connectivity index (χ3n) is 2.18. The van der Waals surface area contributed by atoms with Gasteiger partial charge in [-0.25, -0.2) is 4.98 Å². The highest BCUT2D eigenvalue weighted by Gasteiger charge is 2.10. The molecule has 0 aliphatic carbocycles. The van der Waals surface area contributed by atoms with Crippen LogP contribution < -0.4 is 4.74 Å². The predicted octanol–water partition coefficient (Wildman–Crippen LogP) is 3.09. The molecule has 2 aromatic rings. The number of para-hydroxylation sites is 1. The van der Waals surface area contributed by atoms with E-state index in [1.165, 1.54) is 12.3 Å². The zero-order valence-corrected chi connectivity index (χ0v) is 9.16. The van der Waals surface area contributed by atoms with Crippen LogP contribution in [0, 0.1) is 17.0 Å². The van der Waals surface area contributed by atoms with Gasteiger partial charge in [-0.05, 0) is 19.1 Å². The van der Waals surface area contributed by atoms with Gasteiger partial charge in [0.2, 0.25) is 5.88 Å². The molecule has 1 heterocycles. The minimum absolute atomic E-state index is 0.0390. The van der Waals surface area contributed by atoms with Crippen molar-refractivity contribution in [1.82, 2.24) is 4.98 Å². The second-order valence-corrected chi connectivity index (χ2v) is 3.49. The maximum Gasteiger partial charge on any atom is 0.288 e. The van der Waals surface area contributed by atoms with Crippen molar-refractivity contribution in [3.05, 3.63) is 58.3 Å². The van der Waals surface area contributed by atoms with Crippen molar-refractivity contribution in [2.45, 2.75) is 6.92 Å². The van der Waals surface area contributed by atoms with E-state index in [0.717, 1.165) is 0 Å². The van der Waals surface area contributed by atoms with E-state index in [0.29, 0.717) is 17.2 Å². The minimum Gasteiger partial charge on any atom is -0.439 e. The molecule has 0 N–H and O–H groups in total. The number of nitro groups is 1. The summed E-state index contributed by atoms with van der Waals surface area (Å²) in [6.45, 7) is 1.72. The standard InChI is InChI=1S/C12H10N2O3/c1-9-7-10(14(15)16)8-13-12(9)17-11-5-3-2-4-6-11/h2-8H,1H3. The van der Waals surface area contributed by atoms with Crippen molar-refractivity contribution >= 4 is 5.69 Å². The van der Waals surface area contributed by atoms with E-state index >= 15 is 0 Å². The first kappa shape index (κ1) is 11.1. The van der Waals surface area contributed by atoms with Gasteiger partial charge in [0, 0.05) is 11.6 Å². The summed E-state index contributed by atoms with van der Waals surface area (Å²) >= 11 is 0. The lowest BCUT2D eigenvalue weighted by atomic mass is 10.3. The summed E-state index contributed by atoms with van der Waals surface area (Å²) in [7, 11) is 0. The van der Waals surface area contributed by atoms with Crippen LogP contribution in [-0.2, 0) is 0 Å². The molecule has 0 unspecified atom stereocenters. The molecule has 5 heteroatoms. The maximum absolute atomic E-state index is 10.5. The molecule has 0 saturated carbocycles. The number of benzene rings is 1. The highest BCUT2D eigenvalue weighted by Crippen LogP contribution is 2.24. The highest BCUT2D eigenvalue weighted by molar-refractivity contribution is 5.38. The normalized spacial score (nSPS) is 9.94. The van der Waals surface area contributed by atoms with E-state index in [1.807, 2.05) is 18.2 Å². The molecule has 0 atom stereocenters. The minimum atomic E-state index is -0.480. The lowest BCUT2D eigenvalue weighted by molar-refractivity contribution is -0.385. The lowest BCUT2D eigenvalue weighted by Gasteiger charge is -2.06. The Bertz CT molecular complexity index is 541. The summed E-state index contributed by atoms with van der Waals surface area (Å²) < 4.78 is 5.51. The van der Waals surface area contributed by atoms with E-state index in [2.05, 4.69) is 4.98 Å². The molecule has 1 aromatic heterocycles. The van der Waals surface area contributed by atoms with Crippen LogP contribution in [0.2, 0.25) is 0 Å². The third kappa shape index (κ3) is 2.57. The first-order valence-corrected chi connectivity index (χ1v) is 5.01. The highest BCUT2D eigenvalue weighted by atomic mass is 16.6. The summed E-state index contributed by atoms with van der Waals surface area (Å²) in [5.74, 6) is 1.03. The molecule has 0 aliphatic rings. The summed E-state index contributed by atoms with van der Waals surface area (Å²) in [6, 6.07) is 10.6. The van der Waals surface area contributed by atoms with E-state index < -0.39 is 4.92 Å². The van der Waals surface area contributed by atoms with Gasteiger partial charge >= 0.3 is 0 Å². The Morgan fingerprint density at radius 2 is 2.00 bits per heavy atom. The van der Waals surface area contributed by atoms with Crippen molar-refractivity contribution in [2.75, 3.05) is 0 Å². The number of nitrogens with zero attached hydrogens (tertiary/aromatic N) is 2. The molecule has 17 heavy (non-hydrogen) atoms. The summed E-state index contributed by atoms with van der Waals surface area (Å²) in [5.41, 5.74) is 0.589. The Kier molecular flexibility index (Phi) is 3.00. The number of pyridine rings is 1. The molecule has 0 amide bonds. The molecule has 0 aliphatic heterocycles. The smallest absolute Gasteiger partial charge is 0.288 e. The molecule has 2 rings (SSSR count). The Morgan fingerprint density at radius 1 is 1.29 bits per heavy atom. The van der Waals surface area contributed by atoms with Crippen LogP contribution in [0.4, 0.5) is 5.69 Å². The van der Waals surface area contributed by atoms with Gasteiger partial charge in [-0.3, -0.25) is 10.1 Å². The fourth-order valence-corrected chi connectivity index (χ4v) is 1.35. The first-order valence-electron chi connectivity index (χ1n) is 5.01. The molecule has 5 nitrogen and oxygen atoms in total. The van der Waals surface area contributed by atoms with Gasteiger partial charge in [-0.15, -0.1) is 0 Å². The third-order valence-corrected chi connectivity index (χ3v) is 2.18. The average Bonchev–Trinajstić information content (AvgIpc) is 2.33. The monoisotopic (exact) mass is 230 g/mol. The van der Waals surface area contributed by atoms with Crippen molar-refractivity contribution < 1.29 is 9.66 Å². The second kappa shape index (κ2) is 4.61. The van der Waals surface area contributed by atoms with Crippen LogP contribution in [0.1, 0.15) is 5.56 Å². The summed E-state index contributed by atoms with van der Waals surface area (Å²) in [4.78, 5) is 14.0. The van der Waals surface area contributed by atoms with Gasteiger partial charge in [0.15, 0.2) is 0 Å². The molecule has 1 aromatic carbocycles. The van der Waals surface area contributed by atoms with Crippen LogP contribution in [0.25, 0.3) is 0 Å². The van der Waals surface area contributed by atoms with Crippen LogP contribution in [0.3, 0.4) is 0 Å². The van der Waals surface area contributed by atoms with Crippen LogP contribution in [0.15, 0.2) is 42.6 Å². The predicted molar refractivity (Wildman–Crippen MR) is 62.1 cm³/mol. The summed E-state index contributed by atoms with van der Waals surface area (Å²) in [6.07, 6.45) is 1.19. The van der Waals surface area contributed by atoms with Crippen LogP contribution in [-0.4, -0.2) is 9.91 Å². The van der Waals surface area contributed by atoms with Crippen molar-refractivity contribution in [1.29, 1.82) is 0 Å². The first-order chi connectivity index (χ1) is 8.16. The number of rotatable bonds is 3. The van der Waals surface area contributed by atoms with Gasteiger partial charge < -0.3 is 4.74 Å². The lowest BCUT2D eigenvalue weighted by Crippen LogP contribution is -1.94. The van der Waals surface area contributed by atoms with Crippen molar-refractivity contribution in [3.8, 4) is 11.6 Å². The van der Waals surface area contributed by atoms with Crippen molar-refractivity contribution in [3.63, 3.8) is 0 Å².